The van der Waals surface area contributed by atoms with Crippen LogP contribution in [-0.2, 0) is 13.5 Å². The van der Waals surface area contributed by atoms with E-state index in [0.29, 0.717) is 13.0 Å². The van der Waals surface area contributed by atoms with Gasteiger partial charge in [-0.2, -0.15) is 5.10 Å². The molecule has 0 bridgehead atoms. The molecule has 1 amide bonds. The number of phenols is 1. The largest absolute Gasteiger partial charge is 0.504 e. The van der Waals surface area contributed by atoms with E-state index >= 15 is 0 Å². The first kappa shape index (κ1) is 13.9. The van der Waals surface area contributed by atoms with Crippen molar-refractivity contribution in [2.24, 2.45) is 7.05 Å². The topological polar surface area (TPSA) is 76.4 Å². The number of rotatable bonds is 5. The highest BCUT2D eigenvalue weighted by atomic mass is 16.5. The summed E-state index contributed by atoms with van der Waals surface area (Å²) in [4.78, 5) is 12.0. The summed E-state index contributed by atoms with van der Waals surface area (Å²) in [5, 5.41) is 16.7. The van der Waals surface area contributed by atoms with Crippen LogP contribution in [0, 0.1) is 0 Å². The number of para-hydroxylation sites is 1. The van der Waals surface area contributed by atoms with Gasteiger partial charge in [-0.3, -0.25) is 9.48 Å². The minimum atomic E-state index is -0.330. The molecule has 0 spiro atoms. The maximum absolute atomic E-state index is 12.0. The van der Waals surface area contributed by atoms with Crippen molar-refractivity contribution in [3.8, 4) is 11.5 Å². The highest BCUT2D eigenvalue weighted by molar-refractivity contribution is 5.97. The van der Waals surface area contributed by atoms with E-state index in [-0.39, 0.29) is 23.0 Å². The van der Waals surface area contributed by atoms with E-state index in [4.69, 9.17) is 4.74 Å². The SMILES string of the molecule is COc1cccc(C(=O)NCCc2ccnn2C)c1O. The zero-order valence-electron chi connectivity index (χ0n) is 11.5. The monoisotopic (exact) mass is 275 g/mol. The fourth-order valence-corrected chi connectivity index (χ4v) is 1.92. The molecular weight excluding hydrogens is 258 g/mol. The third kappa shape index (κ3) is 2.90. The second kappa shape index (κ2) is 6.10. The van der Waals surface area contributed by atoms with Crippen LogP contribution in [-0.4, -0.2) is 34.4 Å². The van der Waals surface area contributed by atoms with Gasteiger partial charge in [-0.1, -0.05) is 6.07 Å². The predicted octanol–water partition coefficient (Wildman–Crippen LogP) is 1.11. The number of nitrogens with one attached hydrogen (secondary N) is 1. The summed E-state index contributed by atoms with van der Waals surface area (Å²) in [5.74, 6) is -0.194. The quantitative estimate of drug-likeness (QED) is 0.857. The van der Waals surface area contributed by atoms with Crippen molar-refractivity contribution in [1.29, 1.82) is 0 Å². The van der Waals surface area contributed by atoms with Gasteiger partial charge in [0.2, 0.25) is 0 Å². The standard InChI is InChI=1S/C14H17N3O3/c1-17-10(7-9-16-17)6-8-15-14(19)11-4-3-5-12(20-2)13(11)18/h3-5,7,9,18H,6,8H2,1-2H3,(H,15,19). The number of aromatic hydroxyl groups is 1. The van der Waals surface area contributed by atoms with Gasteiger partial charge in [-0.25, -0.2) is 0 Å². The Morgan fingerprint density at radius 3 is 2.90 bits per heavy atom. The number of benzene rings is 1. The number of hydrogen-bond acceptors (Lipinski definition) is 4. The Labute approximate surface area is 117 Å². The molecule has 1 aromatic heterocycles. The molecule has 2 aromatic rings. The summed E-state index contributed by atoms with van der Waals surface area (Å²) in [6, 6.07) is 6.71. The summed E-state index contributed by atoms with van der Waals surface area (Å²) in [5.41, 5.74) is 1.23. The average molecular weight is 275 g/mol. The molecule has 0 saturated heterocycles. The van der Waals surface area contributed by atoms with Crippen molar-refractivity contribution in [2.75, 3.05) is 13.7 Å². The van der Waals surface area contributed by atoms with Gasteiger partial charge in [0.25, 0.3) is 5.91 Å². The highest BCUT2D eigenvalue weighted by Crippen LogP contribution is 2.29. The van der Waals surface area contributed by atoms with Crippen molar-refractivity contribution in [2.45, 2.75) is 6.42 Å². The molecule has 0 radical (unpaired) electrons. The molecule has 20 heavy (non-hydrogen) atoms. The van der Waals surface area contributed by atoms with Crippen LogP contribution in [0.15, 0.2) is 30.5 Å². The predicted molar refractivity (Wildman–Crippen MR) is 73.9 cm³/mol. The van der Waals surface area contributed by atoms with E-state index in [1.807, 2.05) is 13.1 Å². The number of carbonyl (C=O) groups is 1. The number of hydrogen-bond donors (Lipinski definition) is 2. The Morgan fingerprint density at radius 2 is 2.25 bits per heavy atom. The maximum atomic E-state index is 12.0. The molecule has 1 heterocycles. The third-order valence-corrected chi connectivity index (χ3v) is 3.05. The minimum absolute atomic E-state index is 0.145. The Bertz CT molecular complexity index is 607. The van der Waals surface area contributed by atoms with Gasteiger partial charge in [-0.05, 0) is 18.2 Å². The second-order valence-electron chi connectivity index (χ2n) is 4.31. The van der Waals surface area contributed by atoms with Crippen molar-refractivity contribution in [3.63, 3.8) is 0 Å². The molecular formula is C14H17N3O3. The molecule has 6 nitrogen and oxygen atoms in total. The lowest BCUT2D eigenvalue weighted by Gasteiger charge is -2.09. The molecule has 0 aliphatic heterocycles. The smallest absolute Gasteiger partial charge is 0.255 e. The fourth-order valence-electron chi connectivity index (χ4n) is 1.92. The molecule has 106 valence electrons. The van der Waals surface area contributed by atoms with Crippen LogP contribution in [0.2, 0.25) is 0 Å². The normalized spacial score (nSPS) is 10.3. The Morgan fingerprint density at radius 1 is 1.45 bits per heavy atom. The van der Waals surface area contributed by atoms with Gasteiger partial charge in [0.05, 0.1) is 12.7 Å². The summed E-state index contributed by atoms with van der Waals surface area (Å²) >= 11 is 0. The number of ether oxygens (including phenoxy) is 1. The minimum Gasteiger partial charge on any atom is -0.504 e. The third-order valence-electron chi connectivity index (χ3n) is 3.05. The Balaban J connectivity index is 1.97. The van der Waals surface area contributed by atoms with Crippen LogP contribution in [0.1, 0.15) is 16.1 Å². The molecule has 0 aliphatic rings. The number of methoxy groups -OCH3 is 1. The zero-order valence-corrected chi connectivity index (χ0v) is 11.5. The lowest BCUT2D eigenvalue weighted by Crippen LogP contribution is -2.26. The lowest BCUT2D eigenvalue weighted by atomic mass is 10.1. The van der Waals surface area contributed by atoms with Crippen molar-refractivity contribution >= 4 is 5.91 Å². The molecule has 1 aromatic carbocycles. The van der Waals surface area contributed by atoms with Crippen molar-refractivity contribution in [3.05, 3.63) is 41.7 Å². The zero-order chi connectivity index (χ0) is 14.5. The summed E-state index contributed by atoms with van der Waals surface area (Å²) in [6.45, 7) is 0.467. The highest BCUT2D eigenvalue weighted by Gasteiger charge is 2.14. The summed E-state index contributed by atoms with van der Waals surface area (Å²) in [7, 11) is 3.30. The number of carbonyl (C=O) groups excluding carboxylic acids is 1. The van der Waals surface area contributed by atoms with Crippen molar-refractivity contribution < 1.29 is 14.6 Å². The van der Waals surface area contributed by atoms with E-state index in [0.717, 1.165) is 5.69 Å². The van der Waals surface area contributed by atoms with E-state index in [9.17, 15) is 9.90 Å². The number of nitrogens with zero attached hydrogens (tertiary/aromatic N) is 2. The maximum Gasteiger partial charge on any atom is 0.255 e. The van der Waals surface area contributed by atoms with Gasteiger partial charge < -0.3 is 15.2 Å². The van der Waals surface area contributed by atoms with Crippen LogP contribution in [0.5, 0.6) is 11.5 Å². The number of aryl methyl sites for hydroxylation is 1. The molecule has 2 N–H and O–H groups in total. The first-order chi connectivity index (χ1) is 9.63. The van der Waals surface area contributed by atoms with Crippen LogP contribution in [0.3, 0.4) is 0 Å². The molecule has 0 atom stereocenters. The first-order valence-electron chi connectivity index (χ1n) is 6.24. The summed E-state index contributed by atoms with van der Waals surface area (Å²) in [6.07, 6.45) is 2.39. The molecule has 0 aliphatic carbocycles. The fraction of sp³-hybridized carbons (Fsp3) is 0.286. The second-order valence-corrected chi connectivity index (χ2v) is 4.31. The van der Waals surface area contributed by atoms with Gasteiger partial charge >= 0.3 is 0 Å². The van der Waals surface area contributed by atoms with E-state index in [1.165, 1.54) is 7.11 Å². The van der Waals surface area contributed by atoms with Gasteiger partial charge in [0.15, 0.2) is 11.5 Å². The average Bonchev–Trinajstić information content (AvgIpc) is 2.84. The van der Waals surface area contributed by atoms with Gasteiger partial charge in [0.1, 0.15) is 0 Å². The molecule has 0 fully saturated rings. The number of amides is 1. The molecule has 6 heteroatoms. The molecule has 0 saturated carbocycles. The van der Waals surface area contributed by atoms with Crippen molar-refractivity contribution in [1.82, 2.24) is 15.1 Å². The first-order valence-corrected chi connectivity index (χ1v) is 6.24. The van der Waals surface area contributed by atoms with Crippen LogP contribution < -0.4 is 10.1 Å². The van der Waals surface area contributed by atoms with Gasteiger partial charge in [0, 0.05) is 31.9 Å². The van der Waals surface area contributed by atoms with E-state index in [2.05, 4.69) is 10.4 Å². The lowest BCUT2D eigenvalue weighted by molar-refractivity contribution is 0.0950. The van der Waals surface area contributed by atoms with Gasteiger partial charge in [-0.15, -0.1) is 0 Å². The Kier molecular flexibility index (Phi) is 4.24. The molecule has 0 unspecified atom stereocenters. The van der Waals surface area contributed by atoms with Crippen LogP contribution >= 0.6 is 0 Å². The van der Waals surface area contributed by atoms with E-state index in [1.54, 1.807) is 29.1 Å². The molecule has 2 rings (SSSR count). The number of aromatic nitrogens is 2. The van der Waals surface area contributed by atoms with Crippen LogP contribution in [0.4, 0.5) is 0 Å². The summed E-state index contributed by atoms with van der Waals surface area (Å²) < 4.78 is 6.73. The Hall–Kier alpha value is -2.50. The number of phenolic OH excluding ortho intramolecular Hbond substituents is 1. The van der Waals surface area contributed by atoms with Crippen LogP contribution in [0.25, 0.3) is 0 Å². The van der Waals surface area contributed by atoms with E-state index < -0.39 is 0 Å².